The van der Waals surface area contributed by atoms with Crippen molar-refractivity contribution in [1.82, 2.24) is 0 Å². The maximum absolute atomic E-state index is 13.6. The molecule has 0 aromatic heterocycles. The lowest BCUT2D eigenvalue weighted by molar-refractivity contribution is 0.522. The molecule has 0 aliphatic heterocycles. The first kappa shape index (κ1) is 13.5. The van der Waals surface area contributed by atoms with Crippen molar-refractivity contribution in [2.24, 2.45) is 5.73 Å². The Hall–Kier alpha value is -0.540. The second-order valence-corrected chi connectivity index (χ2v) is 6.01. The third-order valence-electron chi connectivity index (χ3n) is 2.37. The first-order chi connectivity index (χ1) is 7.45. The fourth-order valence-corrected chi connectivity index (χ4v) is 2.24. The lowest BCUT2D eigenvalue weighted by Crippen LogP contribution is -2.14. The van der Waals surface area contributed by atoms with Crippen LogP contribution in [0.1, 0.15) is 31.9 Å². The molecule has 0 saturated heterocycles. The van der Waals surface area contributed by atoms with Gasteiger partial charge in [-0.1, -0.05) is 32.9 Å². The van der Waals surface area contributed by atoms with Crippen LogP contribution in [0.2, 0.25) is 0 Å². The molecule has 0 radical (unpaired) electrons. The van der Waals surface area contributed by atoms with Crippen molar-refractivity contribution in [2.75, 3.05) is 12.3 Å². The van der Waals surface area contributed by atoms with Gasteiger partial charge in [0.05, 0.1) is 0 Å². The van der Waals surface area contributed by atoms with Crippen LogP contribution >= 0.6 is 11.8 Å². The largest absolute Gasteiger partial charge is 0.330 e. The third kappa shape index (κ3) is 3.80. The quantitative estimate of drug-likeness (QED) is 0.818. The lowest BCUT2D eigenvalue weighted by atomic mass is 9.86. The van der Waals surface area contributed by atoms with E-state index in [2.05, 4.69) is 0 Å². The van der Waals surface area contributed by atoms with Gasteiger partial charge in [0.2, 0.25) is 0 Å². The van der Waals surface area contributed by atoms with Gasteiger partial charge in [0, 0.05) is 18.1 Å². The Balaban J connectivity index is 2.82. The molecule has 1 nitrogen and oxygen atoms in total. The Kier molecular flexibility index (Phi) is 4.81. The normalized spacial score (nSPS) is 11.8. The number of halogens is 1. The molecular formula is C13H20FNS. The highest BCUT2D eigenvalue weighted by atomic mass is 32.2. The Bertz CT molecular complexity index is 344. The van der Waals surface area contributed by atoms with E-state index in [-0.39, 0.29) is 11.2 Å². The van der Waals surface area contributed by atoms with Crippen LogP contribution in [-0.2, 0) is 11.2 Å². The third-order valence-corrected chi connectivity index (χ3v) is 3.43. The molecule has 90 valence electrons. The first-order valence-corrected chi connectivity index (χ1v) is 6.67. The summed E-state index contributed by atoms with van der Waals surface area (Å²) in [5.41, 5.74) is 7.26. The van der Waals surface area contributed by atoms with Crippen molar-refractivity contribution >= 4 is 11.8 Å². The van der Waals surface area contributed by atoms with Crippen molar-refractivity contribution < 1.29 is 4.39 Å². The van der Waals surface area contributed by atoms with Crippen molar-refractivity contribution in [3.05, 3.63) is 35.1 Å². The minimum Gasteiger partial charge on any atom is -0.330 e. The molecule has 0 amide bonds. The van der Waals surface area contributed by atoms with Crippen molar-refractivity contribution in [2.45, 2.75) is 31.9 Å². The van der Waals surface area contributed by atoms with E-state index in [1.807, 2.05) is 32.9 Å². The van der Waals surface area contributed by atoms with Gasteiger partial charge in [0.1, 0.15) is 5.82 Å². The standard InChI is InChI=1S/C13H20FNS/c1-13(2,3)11-8-10(4-5-12(11)14)9-16-7-6-15/h4-5,8H,6-7,9,15H2,1-3H3. The number of hydrogen-bond acceptors (Lipinski definition) is 2. The van der Waals surface area contributed by atoms with Gasteiger partial charge in [0.25, 0.3) is 0 Å². The molecule has 1 aromatic rings. The second kappa shape index (κ2) is 5.69. The van der Waals surface area contributed by atoms with Crippen LogP contribution in [0.15, 0.2) is 18.2 Å². The molecule has 2 N–H and O–H groups in total. The van der Waals surface area contributed by atoms with E-state index in [0.29, 0.717) is 6.54 Å². The summed E-state index contributed by atoms with van der Waals surface area (Å²) < 4.78 is 13.6. The molecule has 1 rings (SSSR count). The zero-order chi connectivity index (χ0) is 12.2. The van der Waals surface area contributed by atoms with Crippen molar-refractivity contribution in [3.63, 3.8) is 0 Å². The molecule has 1 aromatic carbocycles. The fraction of sp³-hybridized carbons (Fsp3) is 0.538. The van der Waals surface area contributed by atoms with E-state index >= 15 is 0 Å². The van der Waals surface area contributed by atoms with Gasteiger partial charge in [-0.25, -0.2) is 4.39 Å². The zero-order valence-electron chi connectivity index (χ0n) is 10.2. The van der Waals surface area contributed by atoms with E-state index < -0.39 is 0 Å². The van der Waals surface area contributed by atoms with Crippen molar-refractivity contribution in [1.29, 1.82) is 0 Å². The Morgan fingerprint density at radius 2 is 2.00 bits per heavy atom. The maximum atomic E-state index is 13.6. The van der Waals surface area contributed by atoms with Gasteiger partial charge in [-0.3, -0.25) is 0 Å². The molecule has 0 aliphatic rings. The van der Waals surface area contributed by atoms with Gasteiger partial charge in [-0.05, 0) is 22.6 Å². The predicted octanol–water partition coefficient (Wildman–Crippen LogP) is 3.32. The number of benzene rings is 1. The molecule has 0 aliphatic carbocycles. The summed E-state index contributed by atoms with van der Waals surface area (Å²) in [6.07, 6.45) is 0. The molecule has 0 heterocycles. The summed E-state index contributed by atoms with van der Waals surface area (Å²) in [5.74, 6) is 1.74. The summed E-state index contributed by atoms with van der Waals surface area (Å²) in [6, 6.07) is 5.39. The molecule has 0 bridgehead atoms. The smallest absolute Gasteiger partial charge is 0.126 e. The number of hydrogen-bond donors (Lipinski definition) is 1. The average Bonchev–Trinajstić information content (AvgIpc) is 2.19. The van der Waals surface area contributed by atoms with Crippen LogP contribution in [0, 0.1) is 5.82 Å². The summed E-state index contributed by atoms with van der Waals surface area (Å²) in [5, 5.41) is 0. The Morgan fingerprint density at radius 1 is 1.31 bits per heavy atom. The monoisotopic (exact) mass is 241 g/mol. The molecule has 3 heteroatoms. The number of rotatable bonds is 4. The summed E-state index contributed by atoms with van der Waals surface area (Å²) >= 11 is 1.78. The van der Waals surface area contributed by atoms with Crippen LogP contribution in [0.3, 0.4) is 0 Å². The lowest BCUT2D eigenvalue weighted by Gasteiger charge is -2.20. The van der Waals surface area contributed by atoms with Gasteiger partial charge in [-0.15, -0.1) is 0 Å². The molecule has 16 heavy (non-hydrogen) atoms. The highest BCUT2D eigenvalue weighted by Crippen LogP contribution is 2.27. The van der Waals surface area contributed by atoms with E-state index in [1.165, 1.54) is 5.56 Å². The molecule has 0 unspecified atom stereocenters. The van der Waals surface area contributed by atoms with E-state index in [9.17, 15) is 4.39 Å². The van der Waals surface area contributed by atoms with E-state index in [0.717, 1.165) is 17.1 Å². The van der Waals surface area contributed by atoms with Crippen LogP contribution in [0.4, 0.5) is 4.39 Å². The second-order valence-electron chi connectivity index (χ2n) is 4.91. The summed E-state index contributed by atoms with van der Waals surface area (Å²) in [6.45, 7) is 6.78. The number of thioether (sulfide) groups is 1. The Labute approximate surface area is 102 Å². The molecule has 0 fully saturated rings. The highest BCUT2D eigenvalue weighted by molar-refractivity contribution is 7.98. The molecule has 0 spiro atoms. The minimum atomic E-state index is -0.140. The maximum Gasteiger partial charge on any atom is 0.126 e. The highest BCUT2D eigenvalue weighted by Gasteiger charge is 2.18. The van der Waals surface area contributed by atoms with E-state index in [4.69, 9.17) is 5.73 Å². The fourth-order valence-electron chi connectivity index (χ4n) is 1.51. The Morgan fingerprint density at radius 3 is 2.56 bits per heavy atom. The predicted molar refractivity (Wildman–Crippen MR) is 70.3 cm³/mol. The van der Waals surface area contributed by atoms with Gasteiger partial charge >= 0.3 is 0 Å². The zero-order valence-corrected chi connectivity index (χ0v) is 11.0. The van der Waals surface area contributed by atoms with E-state index in [1.54, 1.807) is 17.8 Å². The van der Waals surface area contributed by atoms with Gasteiger partial charge in [-0.2, -0.15) is 11.8 Å². The minimum absolute atomic E-state index is 0.111. The summed E-state index contributed by atoms with van der Waals surface area (Å²) in [4.78, 5) is 0. The SMILES string of the molecule is CC(C)(C)c1cc(CSCCN)ccc1F. The van der Waals surface area contributed by atoms with Gasteiger partial charge in [0.15, 0.2) is 0 Å². The topological polar surface area (TPSA) is 26.0 Å². The molecule has 0 atom stereocenters. The van der Waals surface area contributed by atoms with Crippen LogP contribution in [-0.4, -0.2) is 12.3 Å². The van der Waals surface area contributed by atoms with Crippen molar-refractivity contribution in [3.8, 4) is 0 Å². The van der Waals surface area contributed by atoms with Crippen LogP contribution in [0.5, 0.6) is 0 Å². The van der Waals surface area contributed by atoms with Crippen LogP contribution < -0.4 is 5.73 Å². The average molecular weight is 241 g/mol. The van der Waals surface area contributed by atoms with Gasteiger partial charge < -0.3 is 5.73 Å². The van der Waals surface area contributed by atoms with Crippen LogP contribution in [0.25, 0.3) is 0 Å². The molecular weight excluding hydrogens is 221 g/mol. The molecule has 0 saturated carbocycles. The number of nitrogens with two attached hydrogens (primary N) is 1. The summed E-state index contributed by atoms with van der Waals surface area (Å²) in [7, 11) is 0. The first-order valence-electron chi connectivity index (χ1n) is 5.52.